The maximum absolute atomic E-state index is 12.9. The molecule has 4 rings (SSSR count). The van der Waals surface area contributed by atoms with Gasteiger partial charge in [0.15, 0.2) is 0 Å². The summed E-state index contributed by atoms with van der Waals surface area (Å²) < 4.78 is 29.1. The topological polar surface area (TPSA) is 110 Å². The summed E-state index contributed by atoms with van der Waals surface area (Å²) >= 11 is 0. The lowest BCUT2D eigenvalue weighted by atomic mass is 10.2. The Labute approximate surface area is 176 Å². The Morgan fingerprint density at radius 3 is 2.53 bits per heavy atom. The van der Waals surface area contributed by atoms with Gasteiger partial charge in [-0.2, -0.15) is 9.40 Å². The van der Waals surface area contributed by atoms with E-state index < -0.39 is 14.9 Å². The summed E-state index contributed by atoms with van der Waals surface area (Å²) in [5, 5.41) is 19.2. The fraction of sp³-hybridized carbons (Fsp3) is 0.550. The number of rotatable bonds is 7. The standard InChI is InChI=1S/C20H27N5O4S/c26-25(27)20-14-18(30(28,29)23-11-4-1-5-12-23)8-9-19(20)21-15-16-10-13-24(22-16)17-6-2-3-7-17/h8-10,13-14,17,21H,1-7,11-12,15H2. The lowest BCUT2D eigenvalue weighted by Gasteiger charge is -2.25. The van der Waals surface area contributed by atoms with Crippen LogP contribution in [0.15, 0.2) is 35.4 Å². The van der Waals surface area contributed by atoms with Crippen molar-refractivity contribution in [3.8, 4) is 0 Å². The molecule has 0 atom stereocenters. The quantitative estimate of drug-likeness (QED) is 0.527. The van der Waals surface area contributed by atoms with Gasteiger partial charge in [-0.15, -0.1) is 0 Å². The van der Waals surface area contributed by atoms with Crippen molar-refractivity contribution in [3.63, 3.8) is 0 Å². The van der Waals surface area contributed by atoms with E-state index in [1.54, 1.807) is 0 Å². The van der Waals surface area contributed by atoms with Crippen LogP contribution in [0, 0.1) is 10.1 Å². The minimum atomic E-state index is -3.72. The van der Waals surface area contributed by atoms with Crippen LogP contribution < -0.4 is 5.32 Å². The smallest absolute Gasteiger partial charge is 0.293 e. The predicted molar refractivity (Wildman–Crippen MR) is 113 cm³/mol. The van der Waals surface area contributed by atoms with Gasteiger partial charge in [0.1, 0.15) is 5.69 Å². The molecule has 0 unspecified atom stereocenters. The van der Waals surface area contributed by atoms with E-state index in [4.69, 9.17) is 0 Å². The number of piperidine rings is 1. The van der Waals surface area contributed by atoms with Gasteiger partial charge in [-0.25, -0.2) is 8.42 Å². The molecule has 2 aromatic rings. The van der Waals surface area contributed by atoms with Gasteiger partial charge in [0, 0.05) is 25.4 Å². The first-order valence-corrected chi connectivity index (χ1v) is 12.0. The Balaban J connectivity index is 1.50. The van der Waals surface area contributed by atoms with E-state index in [0.717, 1.165) is 43.9 Å². The summed E-state index contributed by atoms with van der Waals surface area (Å²) in [7, 11) is -3.72. The van der Waals surface area contributed by atoms with Gasteiger partial charge < -0.3 is 5.32 Å². The SMILES string of the molecule is O=[N+]([O-])c1cc(S(=O)(=O)N2CCCCC2)ccc1NCc1ccn(C2CCCC2)n1. The van der Waals surface area contributed by atoms with Gasteiger partial charge >= 0.3 is 0 Å². The molecule has 2 heterocycles. The van der Waals surface area contributed by atoms with E-state index in [-0.39, 0.29) is 16.3 Å². The minimum absolute atomic E-state index is 0.0350. The zero-order chi connectivity index (χ0) is 21.1. The van der Waals surface area contributed by atoms with E-state index in [9.17, 15) is 18.5 Å². The largest absolute Gasteiger partial charge is 0.374 e. The number of sulfonamides is 1. The third-order valence-corrected chi connectivity index (χ3v) is 7.84. The molecule has 1 saturated heterocycles. The van der Waals surface area contributed by atoms with E-state index in [1.165, 1.54) is 29.3 Å². The predicted octanol–water partition coefficient (Wildman–Crippen LogP) is 3.69. The molecule has 1 aliphatic heterocycles. The van der Waals surface area contributed by atoms with Crippen LogP contribution in [0.4, 0.5) is 11.4 Å². The van der Waals surface area contributed by atoms with Crippen molar-refractivity contribution in [2.24, 2.45) is 0 Å². The summed E-state index contributed by atoms with van der Waals surface area (Å²) in [6.45, 7) is 1.25. The zero-order valence-corrected chi connectivity index (χ0v) is 17.7. The minimum Gasteiger partial charge on any atom is -0.374 e. The fourth-order valence-corrected chi connectivity index (χ4v) is 5.79. The third kappa shape index (κ3) is 4.34. The first-order chi connectivity index (χ1) is 14.4. The van der Waals surface area contributed by atoms with Crippen LogP contribution in [0.5, 0.6) is 0 Å². The number of aromatic nitrogens is 2. The second-order valence-electron chi connectivity index (χ2n) is 7.98. The molecule has 9 nitrogen and oxygen atoms in total. The molecule has 1 aromatic heterocycles. The highest BCUT2D eigenvalue weighted by Crippen LogP contribution is 2.31. The van der Waals surface area contributed by atoms with E-state index >= 15 is 0 Å². The maximum Gasteiger partial charge on any atom is 0.293 e. The highest BCUT2D eigenvalue weighted by molar-refractivity contribution is 7.89. The molecule has 10 heteroatoms. The van der Waals surface area contributed by atoms with E-state index in [2.05, 4.69) is 10.4 Å². The molecule has 2 fully saturated rings. The van der Waals surface area contributed by atoms with Crippen molar-refractivity contribution in [2.75, 3.05) is 18.4 Å². The summed E-state index contributed by atoms with van der Waals surface area (Å²) in [5.41, 5.74) is 0.831. The maximum atomic E-state index is 12.9. The lowest BCUT2D eigenvalue weighted by molar-refractivity contribution is -0.384. The van der Waals surface area contributed by atoms with Crippen LogP contribution in [0.2, 0.25) is 0 Å². The highest BCUT2D eigenvalue weighted by Gasteiger charge is 2.28. The van der Waals surface area contributed by atoms with E-state index in [0.29, 0.717) is 25.7 Å². The molecule has 1 saturated carbocycles. The number of anilines is 1. The zero-order valence-electron chi connectivity index (χ0n) is 16.9. The van der Waals surface area contributed by atoms with Crippen molar-refractivity contribution < 1.29 is 13.3 Å². The molecule has 162 valence electrons. The average Bonchev–Trinajstić information content (AvgIpc) is 3.44. The molecule has 0 spiro atoms. The number of hydrogen-bond acceptors (Lipinski definition) is 6. The van der Waals surface area contributed by atoms with Crippen LogP contribution in [0.25, 0.3) is 0 Å². The summed E-state index contributed by atoms with van der Waals surface area (Å²) in [6, 6.07) is 6.42. The summed E-state index contributed by atoms with van der Waals surface area (Å²) in [5.74, 6) is 0. The molecule has 30 heavy (non-hydrogen) atoms. The number of hydrogen-bond donors (Lipinski definition) is 1. The van der Waals surface area contributed by atoms with Gasteiger partial charge in [0.05, 0.1) is 28.1 Å². The van der Waals surface area contributed by atoms with Gasteiger partial charge in [0.2, 0.25) is 10.0 Å². The monoisotopic (exact) mass is 433 g/mol. The van der Waals surface area contributed by atoms with Crippen LogP contribution >= 0.6 is 0 Å². The van der Waals surface area contributed by atoms with Gasteiger partial charge in [-0.05, 0) is 43.9 Å². The van der Waals surface area contributed by atoms with Gasteiger partial charge in [-0.3, -0.25) is 14.8 Å². The fourth-order valence-electron chi connectivity index (χ4n) is 4.26. The number of nitrogens with zero attached hydrogens (tertiary/aromatic N) is 4. The van der Waals surface area contributed by atoms with Crippen molar-refractivity contribution in [1.29, 1.82) is 0 Å². The Kier molecular flexibility index (Phi) is 6.05. The van der Waals surface area contributed by atoms with Crippen LogP contribution in [-0.2, 0) is 16.6 Å². The van der Waals surface area contributed by atoms with Crippen LogP contribution in [-0.4, -0.2) is 40.5 Å². The third-order valence-electron chi connectivity index (χ3n) is 5.94. The molecule has 0 amide bonds. The average molecular weight is 434 g/mol. The second kappa shape index (κ2) is 8.73. The number of benzene rings is 1. The van der Waals surface area contributed by atoms with Crippen molar-refractivity contribution in [1.82, 2.24) is 14.1 Å². The second-order valence-corrected chi connectivity index (χ2v) is 9.92. The van der Waals surface area contributed by atoms with E-state index in [1.807, 2.05) is 16.9 Å². The molecule has 0 bridgehead atoms. The Morgan fingerprint density at radius 2 is 1.83 bits per heavy atom. The molecule has 1 N–H and O–H groups in total. The van der Waals surface area contributed by atoms with Crippen LogP contribution in [0.1, 0.15) is 56.7 Å². The summed E-state index contributed by atoms with van der Waals surface area (Å²) in [4.78, 5) is 11.0. The molecule has 0 radical (unpaired) electrons. The summed E-state index contributed by atoms with van der Waals surface area (Å²) in [6.07, 6.45) is 9.29. The first kappa shape index (κ1) is 20.8. The Morgan fingerprint density at radius 1 is 1.10 bits per heavy atom. The Bertz CT molecular complexity index is 1010. The molecule has 1 aliphatic carbocycles. The number of nitro benzene ring substituents is 1. The number of nitrogens with one attached hydrogen (secondary N) is 1. The lowest BCUT2D eigenvalue weighted by Crippen LogP contribution is -2.35. The molecule has 1 aromatic carbocycles. The molecular formula is C20H27N5O4S. The highest BCUT2D eigenvalue weighted by atomic mass is 32.2. The molecule has 2 aliphatic rings. The Hall–Kier alpha value is -2.46. The van der Waals surface area contributed by atoms with Crippen molar-refractivity contribution >= 4 is 21.4 Å². The van der Waals surface area contributed by atoms with Crippen molar-refractivity contribution in [3.05, 3.63) is 46.3 Å². The first-order valence-electron chi connectivity index (χ1n) is 10.5. The van der Waals surface area contributed by atoms with Gasteiger partial charge in [0.25, 0.3) is 5.69 Å². The van der Waals surface area contributed by atoms with Crippen LogP contribution in [0.3, 0.4) is 0 Å². The van der Waals surface area contributed by atoms with Crippen molar-refractivity contribution in [2.45, 2.75) is 62.4 Å². The van der Waals surface area contributed by atoms with Gasteiger partial charge in [-0.1, -0.05) is 19.3 Å². The normalized spacial score (nSPS) is 18.5. The molecular weight excluding hydrogens is 406 g/mol. The number of nitro groups is 1.